The van der Waals surface area contributed by atoms with Gasteiger partial charge in [0.25, 0.3) is 0 Å². The van der Waals surface area contributed by atoms with Crippen LogP contribution < -0.4 is 15.8 Å². The van der Waals surface area contributed by atoms with E-state index >= 15 is 0 Å². The Morgan fingerprint density at radius 1 is 1.29 bits per heavy atom. The zero-order valence-electron chi connectivity index (χ0n) is 15.4. The molecule has 0 aliphatic heterocycles. The maximum absolute atomic E-state index is 12.2. The van der Waals surface area contributed by atoms with Gasteiger partial charge in [-0.15, -0.1) is 12.4 Å². The Kier molecular flexibility index (Phi) is 10.7. The SMILES string of the molecule is CCN(CC)C(CNC(=O)[C@@H](N)C(C)C)c1cccc(OC)c1.Cl. The molecule has 1 amide bonds. The number of nitrogens with zero attached hydrogens (tertiary/aromatic N) is 1. The van der Waals surface area contributed by atoms with Crippen LogP contribution in [0.15, 0.2) is 24.3 Å². The Bertz CT molecular complexity index is 493. The average Bonchev–Trinajstić information content (AvgIpc) is 2.57. The third kappa shape index (κ3) is 6.30. The summed E-state index contributed by atoms with van der Waals surface area (Å²) in [5.41, 5.74) is 7.06. The van der Waals surface area contributed by atoms with Crippen molar-refractivity contribution in [2.45, 2.75) is 39.8 Å². The lowest BCUT2D eigenvalue weighted by atomic mass is 10.0. The molecule has 1 unspecified atom stereocenters. The standard InChI is InChI=1S/C18H31N3O2.ClH/c1-6-21(7-2)16(12-20-18(22)17(19)13(3)4)14-9-8-10-15(11-14)23-5;/h8-11,13,16-17H,6-7,12,19H2,1-5H3,(H,20,22);1H/t16?,17-;/m0./s1. The zero-order valence-corrected chi connectivity index (χ0v) is 16.2. The molecule has 6 heteroatoms. The number of benzene rings is 1. The van der Waals surface area contributed by atoms with Gasteiger partial charge in [0.15, 0.2) is 0 Å². The van der Waals surface area contributed by atoms with Gasteiger partial charge in [0.2, 0.25) is 5.91 Å². The van der Waals surface area contributed by atoms with E-state index in [1.54, 1.807) is 7.11 Å². The Morgan fingerprint density at radius 2 is 1.92 bits per heavy atom. The first-order valence-electron chi connectivity index (χ1n) is 8.35. The Morgan fingerprint density at radius 3 is 2.42 bits per heavy atom. The van der Waals surface area contributed by atoms with Crippen LogP contribution in [0, 0.1) is 5.92 Å². The third-order valence-corrected chi connectivity index (χ3v) is 4.22. The Hall–Kier alpha value is -1.30. The first-order valence-corrected chi connectivity index (χ1v) is 8.35. The highest BCUT2D eigenvalue weighted by Gasteiger charge is 2.22. The Labute approximate surface area is 152 Å². The summed E-state index contributed by atoms with van der Waals surface area (Å²) in [6, 6.07) is 7.63. The molecular formula is C18H32ClN3O2. The molecule has 1 aromatic carbocycles. The van der Waals surface area contributed by atoms with E-state index in [0.717, 1.165) is 24.4 Å². The van der Waals surface area contributed by atoms with Crippen molar-refractivity contribution in [3.63, 3.8) is 0 Å². The maximum atomic E-state index is 12.2. The molecule has 0 heterocycles. The second-order valence-corrected chi connectivity index (χ2v) is 6.03. The number of nitrogens with one attached hydrogen (secondary N) is 1. The molecule has 0 spiro atoms. The monoisotopic (exact) mass is 357 g/mol. The second kappa shape index (κ2) is 11.3. The first kappa shape index (κ1) is 22.7. The minimum atomic E-state index is -0.474. The van der Waals surface area contributed by atoms with Gasteiger partial charge >= 0.3 is 0 Å². The zero-order chi connectivity index (χ0) is 17.4. The number of amides is 1. The van der Waals surface area contributed by atoms with E-state index in [2.05, 4.69) is 30.1 Å². The van der Waals surface area contributed by atoms with Crippen molar-refractivity contribution in [2.24, 2.45) is 11.7 Å². The summed E-state index contributed by atoms with van der Waals surface area (Å²) < 4.78 is 5.32. The number of halogens is 1. The molecule has 0 aromatic heterocycles. The van der Waals surface area contributed by atoms with E-state index in [1.165, 1.54) is 0 Å². The number of rotatable bonds is 9. The smallest absolute Gasteiger partial charge is 0.237 e. The van der Waals surface area contributed by atoms with Crippen LogP contribution in [0.25, 0.3) is 0 Å². The first-order chi connectivity index (χ1) is 10.9. The molecule has 2 atom stereocenters. The molecule has 0 aliphatic carbocycles. The quantitative estimate of drug-likeness (QED) is 0.712. The fourth-order valence-electron chi connectivity index (χ4n) is 2.59. The normalized spacial score (nSPS) is 13.3. The summed E-state index contributed by atoms with van der Waals surface area (Å²) in [7, 11) is 1.66. The van der Waals surface area contributed by atoms with Gasteiger partial charge in [-0.3, -0.25) is 9.69 Å². The van der Waals surface area contributed by atoms with Crippen LogP contribution >= 0.6 is 12.4 Å². The van der Waals surface area contributed by atoms with Crippen molar-refractivity contribution in [3.05, 3.63) is 29.8 Å². The molecule has 138 valence electrons. The molecule has 1 aromatic rings. The molecule has 0 saturated carbocycles. The van der Waals surface area contributed by atoms with Gasteiger partial charge in [-0.25, -0.2) is 0 Å². The van der Waals surface area contributed by atoms with Gasteiger partial charge in [0.05, 0.1) is 19.2 Å². The van der Waals surface area contributed by atoms with Crippen LogP contribution in [0.5, 0.6) is 5.75 Å². The lowest BCUT2D eigenvalue weighted by molar-refractivity contribution is -0.123. The Balaban J connectivity index is 0.00000529. The molecule has 0 bridgehead atoms. The van der Waals surface area contributed by atoms with Gasteiger partial charge in [-0.1, -0.05) is 39.8 Å². The largest absolute Gasteiger partial charge is 0.497 e. The summed E-state index contributed by atoms with van der Waals surface area (Å²) in [5.74, 6) is 0.851. The third-order valence-electron chi connectivity index (χ3n) is 4.22. The van der Waals surface area contributed by atoms with Gasteiger partial charge in [-0.2, -0.15) is 0 Å². The second-order valence-electron chi connectivity index (χ2n) is 6.03. The lowest BCUT2D eigenvalue weighted by Crippen LogP contribution is -2.47. The van der Waals surface area contributed by atoms with Crippen LogP contribution in [0.1, 0.15) is 39.3 Å². The minimum Gasteiger partial charge on any atom is -0.497 e. The number of carbonyl (C=O) groups is 1. The van der Waals surface area contributed by atoms with E-state index in [1.807, 2.05) is 32.0 Å². The van der Waals surface area contributed by atoms with Crippen LogP contribution in [0.4, 0.5) is 0 Å². The number of methoxy groups -OCH3 is 1. The highest BCUT2D eigenvalue weighted by Crippen LogP contribution is 2.23. The highest BCUT2D eigenvalue weighted by molar-refractivity contribution is 5.85. The highest BCUT2D eigenvalue weighted by atomic mass is 35.5. The predicted molar refractivity (Wildman–Crippen MR) is 102 cm³/mol. The van der Waals surface area contributed by atoms with Crippen LogP contribution in [0.2, 0.25) is 0 Å². The number of hydrogen-bond acceptors (Lipinski definition) is 4. The molecule has 1 rings (SSSR count). The fraction of sp³-hybridized carbons (Fsp3) is 0.611. The van der Waals surface area contributed by atoms with Crippen LogP contribution in [-0.4, -0.2) is 43.6 Å². The van der Waals surface area contributed by atoms with E-state index in [0.29, 0.717) is 6.54 Å². The average molecular weight is 358 g/mol. The van der Waals surface area contributed by atoms with Crippen molar-refractivity contribution in [3.8, 4) is 5.75 Å². The molecule has 0 saturated heterocycles. The molecule has 3 N–H and O–H groups in total. The van der Waals surface area contributed by atoms with Gasteiger partial charge in [-0.05, 0) is 36.7 Å². The predicted octanol–water partition coefficient (Wildman–Crippen LogP) is 2.60. The van der Waals surface area contributed by atoms with Crippen LogP contribution in [0.3, 0.4) is 0 Å². The maximum Gasteiger partial charge on any atom is 0.237 e. The number of ether oxygens (including phenoxy) is 1. The van der Waals surface area contributed by atoms with Crippen molar-refractivity contribution >= 4 is 18.3 Å². The molecule has 5 nitrogen and oxygen atoms in total. The van der Waals surface area contributed by atoms with E-state index in [-0.39, 0.29) is 30.3 Å². The van der Waals surface area contributed by atoms with Crippen molar-refractivity contribution < 1.29 is 9.53 Å². The molecular weight excluding hydrogens is 326 g/mol. The van der Waals surface area contributed by atoms with Crippen molar-refractivity contribution in [2.75, 3.05) is 26.7 Å². The summed E-state index contributed by atoms with van der Waals surface area (Å²) in [5, 5.41) is 3.00. The molecule has 0 fully saturated rings. The van der Waals surface area contributed by atoms with Crippen molar-refractivity contribution in [1.29, 1.82) is 0 Å². The van der Waals surface area contributed by atoms with Crippen molar-refractivity contribution in [1.82, 2.24) is 10.2 Å². The molecule has 0 radical (unpaired) electrons. The van der Waals surface area contributed by atoms with Gasteiger partial charge in [0.1, 0.15) is 5.75 Å². The number of hydrogen-bond donors (Lipinski definition) is 2. The molecule has 0 aliphatic rings. The van der Waals surface area contributed by atoms with Crippen LogP contribution in [-0.2, 0) is 4.79 Å². The number of carbonyl (C=O) groups excluding carboxylic acids is 1. The number of likely N-dealkylation sites (N-methyl/N-ethyl adjacent to an activating group) is 1. The topological polar surface area (TPSA) is 67.6 Å². The van der Waals surface area contributed by atoms with Gasteiger partial charge < -0.3 is 15.8 Å². The summed E-state index contributed by atoms with van der Waals surface area (Å²) in [4.78, 5) is 14.5. The van der Waals surface area contributed by atoms with Gasteiger partial charge in [0, 0.05) is 6.54 Å². The van der Waals surface area contributed by atoms with E-state index in [9.17, 15) is 4.79 Å². The summed E-state index contributed by atoms with van der Waals surface area (Å²) in [6.45, 7) is 10.5. The fourth-order valence-corrected chi connectivity index (χ4v) is 2.59. The minimum absolute atomic E-state index is 0. The molecule has 24 heavy (non-hydrogen) atoms. The summed E-state index contributed by atoms with van der Waals surface area (Å²) in [6.07, 6.45) is 0. The van der Waals surface area contributed by atoms with E-state index in [4.69, 9.17) is 10.5 Å². The lowest BCUT2D eigenvalue weighted by Gasteiger charge is -2.31. The van der Waals surface area contributed by atoms with E-state index < -0.39 is 6.04 Å². The number of nitrogens with two attached hydrogens (primary N) is 1. The summed E-state index contributed by atoms with van der Waals surface area (Å²) >= 11 is 0.